The van der Waals surface area contributed by atoms with Crippen LogP contribution in [-0.4, -0.2) is 47.9 Å². The molecular formula is C17H22N4O3. The molecule has 128 valence electrons. The van der Waals surface area contributed by atoms with Crippen molar-refractivity contribution in [3.63, 3.8) is 0 Å². The normalized spacial score (nSPS) is 30.0. The Labute approximate surface area is 140 Å². The van der Waals surface area contributed by atoms with Crippen molar-refractivity contribution in [2.45, 2.75) is 38.4 Å². The van der Waals surface area contributed by atoms with Crippen molar-refractivity contribution < 1.29 is 14.4 Å². The third kappa shape index (κ3) is 2.87. The SMILES string of the molecule is C[C@@H]1CN(C(=O)c2ccc([C@@]3(C)NC(=O)NC3=O)cc2)C[C@H](C)N1. The highest BCUT2D eigenvalue weighted by Gasteiger charge is 2.43. The zero-order valence-electron chi connectivity index (χ0n) is 14.1. The molecule has 0 aliphatic carbocycles. The highest BCUT2D eigenvalue weighted by molar-refractivity contribution is 6.07. The van der Waals surface area contributed by atoms with Gasteiger partial charge < -0.3 is 15.5 Å². The van der Waals surface area contributed by atoms with E-state index in [2.05, 4.69) is 29.8 Å². The lowest BCUT2D eigenvalue weighted by molar-refractivity contribution is -0.123. The summed E-state index contributed by atoms with van der Waals surface area (Å²) in [5.41, 5.74) is 0.120. The minimum Gasteiger partial charge on any atom is -0.336 e. The number of nitrogens with zero attached hydrogens (tertiary/aromatic N) is 1. The van der Waals surface area contributed by atoms with Gasteiger partial charge in [0.05, 0.1) is 0 Å². The molecule has 7 heteroatoms. The van der Waals surface area contributed by atoms with E-state index in [1.54, 1.807) is 31.2 Å². The van der Waals surface area contributed by atoms with E-state index in [1.807, 2.05) is 4.90 Å². The van der Waals surface area contributed by atoms with Crippen molar-refractivity contribution >= 4 is 17.8 Å². The minimum absolute atomic E-state index is 0.0215. The second-order valence-electron chi connectivity index (χ2n) is 6.79. The Morgan fingerprint density at radius 1 is 1.12 bits per heavy atom. The molecule has 3 rings (SSSR count). The fourth-order valence-electron chi connectivity index (χ4n) is 3.37. The fraction of sp³-hybridized carbons (Fsp3) is 0.471. The van der Waals surface area contributed by atoms with Crippen LogP contribution in [0.1, 0.15) is 36.7 Å². The molecule has 0 spiro atoms. The van der Waals surface area contributed by atoms with Crippen molar-refractivity contribution in [1.82, 2.24) is 20.9 Å². The van der Waals surface area contributed by atoms with E-state index in [-0.39, 0.29) is 18.0 Å². The summed E-state index contributed by atoms with van der Waals surface area (Å²) in [5.74, 6) is -0.414. The van der Waals surface area contributed by atoms with Crippen LogP contribution < -0.4 is 16.0 Å². The summed E-state index contributed by atoms with van der Waals surface area (Å²) in [6.07, 6.45) is 0. The molecule has 7 nitrogen and oxygen atoms in total. The molecule has 24 heavy (non-hydrogen) atoms. The van der Waals surface area contributed by atoms with E-state index in [9.17, 15) is 14.4 Å². The number of benzene rings is 1. The first kappa shape index (κ1) is 16.4. The third-order valence-corrected chi connectivity index (χ3v) is 4.60. The van der Waals surface area contributed by atoms with Gasteiger partial charge in [-0.05, 0) is 38.5 Å². The molecule has 2 heterocycles. The summed E-state index contributed by atoms with van der Waals surface area (Å²) >= 11 is 0. The maximum Gasteiger partial charge on any atom is 0.322 e. The maximum absolute atomic E-state index is 12.7. The number of urea groups is 1. The number of nitrogens with one attached hydrogen (secondary N) is 3. The van der Waals surface area contributed by atoms with Crippen LogP contribution in [0.4, 0.5) is 4.79 Å². The van der Waals surface area contributed by atoms with Crippen LogP contribution >= 0.6 is 0 Å². The van der Waals surface area contributed by atoms with Gasteiger partial charge in [0.15, 0.2) is 0 Å². The molecule has 4 amide bonds. The Hall–Kier alpha value is -2.41. The van der Waals surface area contributed by atoms with Crippen molar-refractivity contribution in [3.8, 4) is 0 Å². The van der Waals surface area contributed by atoms with E-state index >= 15 is 0 Å². The van der Waals surface area contributed by atoms with Gasteiger partial charge >= 0.3 is 6.03 Å². The zero-order chi connectivity index (χ0) is 17.5. The summed E-state index contributed by atoms with van der Waals surface area (Å²) in [4.78, 5) is 37.9. The van der Waals surface area contributed by atoms with Gasteiger partial charge in [-0.25, -0.2) is 4.79 Å². The maximum atomic E-state index is 12.7. The molecule has 3 atom stereocenters. The number of carbonyl (C=O) groups excluding carboxylic acids is 3. The smallest absolute Gasteiger partial charge is 0.322 e. The lowest BCUT2D eigenvalue weighted by Gasteiger charge is -2.36. The number of piperazine rings is 1. The summed E-state index contributed by atoms with van der Waals surface area (Å²) < 4.78 is 0. The summed E-state index contributed by atoms with van der Waals surface area (Å²) in [7, 11) is 0. The number of amides is 4. The van der Waals surface area contributed by atoms with E-state index in [0.717, 1.165) is 0 Å². The quantitative estimate of drug-likeness (QED) is 0.691. The van der Waals surface area contributed by atoms with Gasteiger partial charge in [-0.3, -0.25) is 14.9 Å². The Kier molecular flexibility index (Phi) is 4.04. The molecule has 2 aliphatic heterocycles. The Balaban J connectivity index is 1.78. The fourth-order valence-corrected chi connectivity index (χ4v) is 3.37. The second-order valence-corrected chi connectivity index (χ2v) is 6.79. The van der Waals surface area contributed by atoms with Gasteiger partial charge in [-0.15, -0.1) is 0 Å². The van der Waals surface area contributed by atoms with Crippen molar-refractivity contribution in [1.29, 1.82) is 0 Å². The molecular weight excluding hydrogens is 308 g/mol. The number of hydrogen-bond donors (Lipinski definition) is 3. The van der Waals surface area contributed by atoms with Crippen molar-refractivity contribution in [2.75, 3.05) is 13.1 Å². The van der Waals surface area contributed by atoms with Crippen LogP contribution in [0.15, 0.2) is 24.3 Å². The van der Waals surface area contributed by atoms with E-state index in [0.29, 0.717) is 24.2 Å². The lowest BCUT2D eigenvalue weighted by atomic mass is 9.91. The second kappa shape index (κ2) is 5.90. The largest absolute Gasteiger partial charge is 0.336 e. The average molecular weight is 330 g/mol. The molecule has 0 radical (unpaired) electrons. The standard InChI is InChI=1S/C17H22N4O3/c1-10-8-21(9-11(2)18-10)14(22)12-4-6-13(7-5-12)17(3)15(23)19-16(24)20-17/h4-7,10-11,18H,8-9H2,1-3H3,(H2,19,20,23,24)/t10-,11+,17-/m1/s1. The van der Waals surface area contributed by atoms with Gasteiger partial charge in [0, 0.05) is 30.7 Å². The molecule has 2 aliphatic rings. The molecule has 2 fully saturated rings. The molecule has 0 unspecified atom stereocenters. The van der Waals surface area contributed by atoms with Crippen LogP contribution in [-0.2, 0) is 10.3 Å². The number of carbonyl (C=O) groups is 3. The first-order valence-corrected chi connectivity index (χ1v) is 8.09. The number of imide groups is 1. The molecule has 2 saturated heterocycles. The molecule has 0 aromatic heterocycles. The number of rotatable bonds is 2. The predicted octanol–water partition coefficient (Wildman–Crippen LogP) is 0.564. The summed E-state index contributed by atoms with van der Waals surface area (Å²) in [5, 5.41) is 8.25. The first-order valence-electron chi connectivity index (χ1n) is 8.09. The highest BCUT2D eigenvalue weighted by Crippen LogP contribution is 2.25. The molecule has 0 saturated carbocycles. The van der Waals surface area contributed by atoms with Crippen LogP contribution in [0.25, 0.3) is 0 Å². The van der Waals surface area contributed by atoms with Gasteiger partial charge in [-0.2, -0.15) is 0 Å². The Bertz CT molecular complexity index is 678. The highest BCUT2D eigenvalue weighted by atomic mass is 16.2. The number of hydrogen-bond acceptors (Lipinski definition) is 4. The molecule has 3 N–H and O–H groups in total. The zero-order valence-corrected chi connectivity index (χ0v) is 14.1. The van der Waals surface area contributed by atoms with Gasteiger partial charge in [0.1, 0.15) is 5.54 Å². The van der Waals surface area contributed by atoms with Crippen LogP contribution in [0.2, 0.25) is 0 Å². The Morgan fingerprint density at radius 2 is 1.71 bits per heavy atom. The van der Waals surface area contributed by atoms with Crippen LogP contribution in [0, 0.1) is 0 Å². The van der Waals surface area contributed by atoms with Gasteiger partial charge in [-0.1, -0.05) is 12.1 Å². The van der Waals surface area contributed by atoms with Gasteiger partial charge in [0.25, 0.3) is 11.8 Å². The first-order chi connectivity index (χ1) is 11.3. The third-order valence-electron chi connectivity index (χ3n) is 4.60. The van der Waals surface area contributed by atoms with E-state index in [1.165, 1.54) is 0 Å². The molecule has 1 aromatic rings. The van der Waals surface area contributed by atoms with Crippen LogP contribution in [0.3, 0.4) is 0 Å². The topological polar surface area (TPSA) is 90.5 Å². The van der Waals surface area contributed by atoms with Crippen LogP contribution in [0.5, 0.6) is 0 Å². The van der Waals surface area contributed by atoms with E-state index in [4.69, 9.17) is 0 Å². The van der Waals surface area contributed by atoms with Crippen molar-refractivity contribution in [2.24, 2.45) is 0 Å². The van der Waals surface area contributed by atoms with E-state index < -0.39 is 17.5 Å². The molecule has 1 aromatic carbocycles. The average Bonchev–Trinajstić information content (AvgIpc) is 2.79. The predicted molar refractivity (Wildman–Crippen MR) is 88.4 cm³/mol. The minimum atomic E-state index is -1.10. The summed E-state index contributed by atoms with van der Waals surface area (Å²) in [6.45, 7) is 7.09. The Morgan fingerprint density at radius 3 is 2.21 bits per heavy atom. The lowest BCUT2D eigenvalue weighted by Crippen LogP contribution is -2.55. The summed E-state index contributed by atoms with van der Waals surface area (Å²) in [6, 6.07) is 6.85. The molecule has 0 bridgehead atoms. The van der Waals surface area contributed by atoms with Gasteiger partial charge in [0.2, 0.25) is 0 Å². The van der Waals surface area contributed by atoms with Crippen molar-refractivity contribution in [3.05, 3.63) is 35.4 Å². The monoisotopic (exact) mass is 330 g/mol.